The molecule has 1 aliphatic rings. The zero-order chi connectivity index (χ0) is 11.6. The fourth-order valence-electron chi connectivity index (χ4n) is 2.48. The van der Waals surface area contributed by atoms with Crippen LogP contribution in [0, 0.1) is 0 Å². The van der Waals surface area contributed by atoms with Gasteiger partial charge in [0.1, 0.15) is 0 Å². The maximum Gasteiger partial charge on any atom is 0.0649 e. The van der Waals surface area contributed by atoms with Gasteiger partial charge < -0.3 is 10.5 Å². The summed E-state index contributed by atoms with van der Waals surface area (Å²) in [5.74, 6) is 0.329. The number of nitrogens with two attached hydrogens (primary N) is 1. The lowest BCUT2D eigenvalue weighted by atomic mass is 9.85. The minimum absolute atomic E-state index is 0.310. The van der Waals surface area contributed by atoms with Gasteiger partial charge in [0.05, 0.1) is 6.61 Å². The molecule has 0 fully saturated rings. The molecule has 16 heavy (non-hydrogen) atoms. The minimum atomic E-state index is -0.310. The maximum absolute atomic E-state index is 6.36. The van der Waals surface area contributed by atoms with Gasteiger partial charge in [-0.1, -0.05) is 6.07 Å². The SMILES string of the molecule is CCOCC(C)(N)C1CCc2cccnc21. The van der Waals surface area contributed by atoms with Crippen molar-refractivity contribution in [3.8, 4) is 0 Å². The zero-order valence-corrected chi connectivity index (χ0v) is 10.1. The lowest BCUT2D eigenvalue weighted by Gasteiger charge is -2.31. The summed E-state index contributed by atoms with van der Waals surface area (Å²) in [6.45, 7) is 5.38. The van der Waals surface area contributed by atoms with Crippen molar-refractivity contribution in [2.45, 2.75) is 38.1 Å². The van der Waals surface area contributed by atoms with Crippen LogP contribution in [-0.4, -0.2) is 23.7 Å². The lowest BCUT2D eigenvalue weighted by molar-refractivity contribution is 0.0888. The molecule has 0 amide bonds. The molecule has 0 saturated carbocycles. The monoisotopic (exact) mass is 220 g/mol. The smallest absolute Gasteiger partial charge is 0.0649 e. The van der Waals surface area contributed by atoms with E-state index in [-0.39, 0.29) is 5.54 Å². The summed E-state index contributed by atoms with van der Waals surface area (Å²) in [7, 11) is 0. The highest BCUT2D eigenvalue weighted by Crippen LogP contribution is 2.37. The Kier molecular flexibility index (Phi) is 3.26. The molecule has 2 N–H and O–H groups in total. The largest absolute Gasteiger partial charge is 0.380 e. The molecule has 1 heterocycles. The Morgan fingerprint density at radius 3 is 3.19 bits per heavy atom. The third-order valence-electron chi connectivity index (χ3n) is 3.37. The Morgan fingerprint density at radius 2 is 2.44 bits per heavy atom. The molecule has 0 bridgehead atoms. The lowest BCUT2D eigenvalue weighted by Crippen LogP contribution is -2.46. The highest BCUT2D eigenvalue weighted by atomic mass is 16.5. The van der Waals surface area contributed by atoms with E-state index < -0.39 is 0 Å². The van der Waals surface area contributed by atoms with E-state index in [0.29, 0.717) is 19.1 Å². The van der Waals surface area contributed by atoms with E-state index in [1.807, 2.05) is 19.2 Å². The minimum Gasteiger partial charge on any atom is -0.380 e. The Balaban J connectivity index is 2.17. The van der Waals surface area contributed by atoms with Crippen molar-refractivity contribution in [1.82, 2.24) is 4.98 Å². The molecule has 1 aromatic rings. The molecule has 1 aromatic heterocycles. The van der Waals surface area contributed by atoms with Gasteiger partial charge in [-0.25, -0.2) is 0 Å². The molecule has 2 atom stereocenters. The molecular formula is C13H20N2O. The molecule has 3 nitrogen and oxygen atoms in total. The molecule has 0 radical (unpaired) electrons. The number of ether oxygens (including phenoxy) is 1. The number of nitrogens with zero attached hydrogens (tertiary/aromatic N) is 1. The van der Waals surface area contributed by atoms with Crippen molar-refractivity contribution in [3.63, 3.8) is 0 Å². The molecule has 1 aliphatic carbocycles. The molecule has 2 unspecified atom stereocenters. The van der Waals surface area contributed by atoms with Crippen molar-refractivity contribution < 1.29 is 4.74 Å². The van der Waals surface area contributed by atoms with Crippen molar-refractivity contribution in [3.05, 3.63) is 29.6 Å². The van der Waals surface area contributed by atoms with E-state index in [4.69, 9.17) is 10.5 Å². The first-order valence-corrected chi connectivity index (χ1v) is 5.95. The number of fused-ring (bicyclic) bond motifs is 1. The van der Waals surface area contributed by atoms with Gasteiger partial charge in [0.15, 0.2) is 0 Å². The first kappa shape index (κ1) is 11.6. The fraction of sp³-hybridized carbons (Fsp3) is 0.615. The van der Waals surface area contributed by atoms with Gasteiger partial charge in [-0.2, -0.15) is 0 Å². The number of pyridine rings is 1. The van der Waals surface area contributed by atoms with Gasteiger partial charge in [0, 0.05) is 30.0 Å². The Morgan fingerprint density at radius 1 is 1.62 bits per heavy atom. The van der Waals surface area contributed by atoms with Crippen LogP contribution in [0.1, 0.15) is 37.4 Å². The van der Waals surface area contributed by atoms with Crippen molar-refractivity contribution in [1.29, 1.82) is 0 Å². The number of rotatable bonds is 4. The predicted molar refractivity (Wildman–Crippen MR) is 64.4 cm³/mol. The highest BCUT2D eigenvalue weighted by molar-refractivity contribution is 5.31. The zero-order valence-electron chi connectivity index (χ0n) is 10.1. The van der Waals surface area contributed by atoms with Crippen LogP contribution in [-0.2, 0) is 11.2 Å². The molecule has 0 aliphatic heterocycles. The van der Waals surface area contributed by atoms with Gasteiger partial charge in [0.25, 0.3) is 0 Å². The van der Waals surface area contributed by atoms with E-state index in [9.17, 15) is 0 Å². The van der Waals surface area contributed by atoms with Crippen molar-refractivity contribution in [2.24, 2.45) is 5.73 Å². The maximum atomic E-state index is 6.36. The average molecular weight is 220 g/mol. The van der Waals surface area contributed by atoms with Crippen LogP contribution in [0.4, 0.5) is 0 Å². The highest BCUT2D eigenvalue weighted by Gasteiger charge is 2.37. The molecule has 0 saturated heterocycles. The third-order valence-corrected chi connectivity index (χ3v) is 3.37. The second-order valence-electron chi connectivity index (χ2n) is 4.78. The number of aromatic nitrogens is 1. The molecule has 0 aromatic carbocycles. The van der Waals surface area contributed by atoms with Crippen LogP contribution in [0.25, 0.3) is 0 Å². The van der Waals surface area contributed by atoms with E-state index in [1.165, 1.54) is 11.3 Å². The Bertz CT molecular complexity index is 363. The summed E-state index contributed by atoms with van der Waals surface area (Å²) in [6.07, 6.45) is 4.03. The number of hydrogen-bond acceptors (Lipinski definition) is 3. The summed E-state index contributed by atoms with van der Waals surface area (Å²) in [4.78, 5) is 4.48. The molecule has 88 valence electrons. The Labute approximate surface area is 97.0 Å². The predicted octanol–water partition coefficient (Wildman–Crippen LogP) is 1.87. The van der Waals surface area contributed by atoms with Crippen LogP contribution in [0.3, 0.4) is 0 Å². The van der Waals surface area contributed by atoms with Gasteiger partial charge in [-0.15, -0.1) is 0 Å². The van der Waals surface area contributed by atoms with Gasteiger partial charge >= 0.3 is 0 Å². The van der Waals surface area contributed by atoms with E-state index in [1.54, 1.807) is 0 Å². The summed E-state index contributed by atoms with van der Waals surface area (Å²) in [5, 5.41) is 0. The topological polar surface area (TPSA) is 48.1 Å². The van der Waals surface area contributed by atoms with E-state index in [2.05, 4.69) is 18.0 Å². The molecular weight excluding hydrogens is 200 g/mol. The van der Waals surface area contributed by atoms with Gasteiger partial charge in [-0.3, -0.25) is 4.98 Å². The summed E-state index contributed by atoms with van der Waals surface area (Å²) in [5.41, 5.74) is 8.57. The third kappa shape index (κ3) is 2.11. The van der Waals surface area contributed by atoms with Crippen LogP contribution in [0.5, 0.6) is 0 Å². The van der Waals surface area contributed by atoms with Crippen LogP contribution in [0.15, 0.2) is 18.3 Å². The second-order valence-corrected chi connectivity index (χ2v) is 4.78. The summed E-state index contributed by atoms with van der Waals surface area (Å²) in [6, 6.07) is 4.15. The number of aryl methyl sites for hydroxylation is 1. The Hall–Kier alpha value is -0.930. The summed E-state index contributed by atoms with van der Waals surface area (Å²) < 4.78 is 5.47. The van der Waals surface area contributed by atoms with Gasteiger partial charge in [-0.05, 0) is 38.3 Å². The van der Waals surface area contributed by atoms with Crippen molar-refractivity contribution in [2.75, 3.05) is 13.2 Å². The second kappa shape index (κ2) is 4.52. The number of hydrogen-bond donors (Lipinski definition) is 1. The summed E-state index contributed by atoms with van der Waals surface area (Å²) >= 11 is 0. The van der Waals surface area contributed by atoms with Crippen LogP contribution < -0.4 is 5.73 Å². The van der Waals surface area contributed by atoms with Gasteiger partial charge in [0.2, 0.25) is 0 Å². The average Bonchev–Trinajstić information content (AvgIpc) is 2.71. The first-order valence-electron chi connectivity index (χ1n) is 5.95. The molecule has 3 heteroatoms. The molecule has 0 spiro atoms. The van der Waals surface area contributed by atoms with Crippen molar-refractivity contribution >= 4 is 0 Å². The van der Waals surface area contributed by atoms with E-state index in [0.717, 1.165) is 12.8 Å². The fourth-order valence-corrected chi connectivity index (χ4v) is 2.48. The van der Waals surface area contributed by atoms with E-state index >= 15 is 0 Å². The van der Waals surface area contributed by atoms with Crippen LogP contribution in [0.2, 0.25) is 0 Å². The molecule has 2 rings (SSSR count). The van der Waals surface area contributed by atoms with Crippen LogP contribution >= 0.6 is 0 Å². The quantitative estimate of drug-likeness (QED) is 0.842. The normalized spacial score (nSPS) is 22.8. The standard InChI is InChI=1S/C13H20N2O/c1-3-16-9-13(2,14)11-7-6-10-5-4-8-15-12(10)11/h4-5,8,11H,3,6-7,9,14H2,1-2H3. The first-order chi connectivity index (χ1) is 7.65.